The Bertz CT molecular complexity index is 348. The molecule has 1 aromatic rings. The van der Waals surface area contributed by atoms with Crippen molar-refractivity contribution < 1.29 is 9.47 Å². The molecule has 2 nitrogen and oxygen atoms in total. The lowest BCUT2D eigenvalue weighted by Crippen LogP contribution is -2.06. The van der Waals surface area contributed by atoms with Gasteiger partial charge >= 0.3 is 0 Å². The highest BCUT2D eigenvalue weighted by Gasteiger charge is 2.05. The van der Waals surface area contributed by atoms with Gasteiger partial charge in [-0.05, 0) is 39.9 Å². The van der Waals surface area contributed by atoms with Crippen molar-refractivity contribution in [2.24, 2.45) is 11.8 Å². The summed E-state index contributed by atoms with van der Waals surface area (Å²) in [6.07, 6.45) is 0. The van der Waals surface area contributed by atoms with Crippen LogP contribution >= 0.6 is 15.9 Å². The third-order valence-electron chi connectivity index (χ3n) is 2.06. The van der Waals surface area contributed by atoms with Crippen molar-refractivity contribution in [1.29, 1.82) is 0 Å². The number of hydrogen-bond donors (Lipinski definition) is 0. The number of ether oxygens (including phenoxy) is 2. The molecule has 0 atom stereocenters. The van der Waals surface area contributed by atoms with Crippen molar-refractivity contribution in [1.82, 2.24) is 0 Å². The Morgan fingerprint density at radius 3 is 2.18 bits per heavy atom. The summed E-state index contributed by atoms with van der Waals surface area (Å²) in [6.45, 7) is 9.97. The number of rotatable bonds is 6. The second-order valence-corrected chi connectivity index (χ2v) is 5.86. The minimum atomic E-state index is 0.516. The molecule has 0 aromatic heterocycles. The summed E-state index contributed by atoms with van der Waals surface area (Å²) >= 11 is 3.48. The Labute approximate surface area is 112 Å². The number of hydrogen-bond acceptors (Lipinski definition) is 2. The van der Waals surface area contributed by atoms with Crippen LogP contribution in [-0.4, -0.2) is 13.2 Å². The zero-order chi connectivity index (χ0) is 12.8. The monoisotopic (exact) mass is 300 g/mol. The fourth-order valence-corrected chi connectivity index (χ4v) is 1.56. The standard InChI is InChI=1S/C14H21BrO2/c1-10(2)8-16-12-5-6-13(15)14(7-12)17-9-11(3)4/h5-7,10-11H,8-9H2,1-4H3. The van der Waals surface area contributed by atoms with Gasteiger partial charge in [-0.2, -0.15) is 0 Å². The van der Waals surface area contributed by atoms with Crippen LogP contribution in [0.1, 0.15) is 27.7 Å². The Hall–Kier alpha value is -0.700. The molecule has 0 saturated heterocycles. The van der Waals surface area contributed by atoms with Crippen LogP contribution in [0.5, 0.6) is 11.5 Å². The smallest absolute Gasteiger partial charge is 0.137 e. The van der Waals surface area contributed by atoms with Gasteiger partial charge in [-0.15, -0.1) is 0 Å². The van der Waals surface area contributed by atoms with Crippen molar-refractivity contribution in [3.8, 4) is 11.5 Å². The van der Waals surface area contributed by atoms with Gasteiger partial charge < -0.3 is 9.47 Å². The molecule has 17 heavy (non-hydrogen) atoms. The molecule has 0 N–H and O–H groups in total. The van der Waals surface area contributed by atoms with Gasteiger partial charge in [0.1, 0.15) is 11.5 Å². The fraction of sp³-hybridized carbons (Fsp3) is 0.571. The first kappa shape index (κ1) is 14.4. The van der Waals surface area contributed by atoms with Crippen LogP contribution in [0.2, 0.25) is 0 Å². The maximum atomic E-state index is 5.72. The Kier molecular flexibility index (Phi) is 5.83. The van der Waals surface area contributed by atoms with E-state index < -0.39 is 0 Å². The molecule has 0 saturated carbocycles. The average molecular weight is 301 g/mol. The van der Waals surface area contributed by atoms with Gasteiger partial charge in [0.25, 0.3) is 0 Å². The highest BCUT2D eigenvalue weighted by Crippen LogP contribution is 2.30. The van der Waals surface area contributed by atoms with Crippen LogP contribution in [0.3, 0.4) is 0 Å². The fourth-order valence-electron chi connectivity index (χ4n) is 1.20. The molecule has 0 aliphatic rings. The molecule has 3 heteroatoms. The van der Waals surface area contributed by atoms with E-state index in [0.717, 1.165) is 22.6 Å². The first-order chi connectivity index (χ1) is 7.99. The maximum absolute atomic E-state index is 5.72. The second kappa shape index (κ2) is 6.90. The average Bonchev–Trinajstić information content (AvgIpc) is 2.26. The van der Waals surface area contributed by atoms with Gasteiger partial charge in [0.05, 0.1) is 17.7 Å². The van der Waals surface area contributed by atoms with E-state index in [-0.39, 0.29) is 0 Å². The van der Waals surface area contributed by atoms with E-state index in [1.54, 1.807) is 0 Å². The van der Waals surface area contributed by atoms with Gasteiger partial charge in [-0.3, -0.25) is 0 Å². The molecule has 0 bridgehead atoms. The van der Waals surface area contributed by atoms with E-state index >= 15 is 0 Å². The molecule has 0 fully saturated rings. The van der Waals surface area contributed by atoms with E-state index in [1.807, 2.05) is 18.2 Å². The summed E-state index contributed by atoms with van der Waals surface area (Å²) in [7, 11) is 0. The summed E-state index contributed by atoms with van der Waals surface area (Å²) < 4.78 is 12.4. The zero-order valence-electron chi connectivity index (χ0n) is 11.0. The van der Waals surface area contributed by atoms with E-state index in [1.165, 1.54) is 0 Å². The molecule has 0 radical (unpaired) electrons. The number of halogens is 1. The molecule has 0 spiro atoms. The van der Waals surface area contributed by atoms with Crippen LogP contribution in [0.4, 0.5) is 0 Å². The van der Waals surface area contributed by atoms with Crippen molar-refractivity contribution in [2.45, 2.75) is 27.7 Å². The van der Waals surface area contributed by atoms with E-state index in [4.69, 9.17) is 9.47 Å². The molecule has 0 aliphatic carbocycles. The third-order valence-corrected chi connectivity index (χ3v) is 2.71. The van der Waals surface area contributed by atoms with Crippen molar-refractivity contribution >= 4 is 15.9 Å². The third kappa shape index (κ3) is 5.44. The number of benzene rings is 1. The summed E-state index contributed by atoms with van der Waals surface area (Å²) in [4.78, 5) is 0. The van der Waals surface area contributed by atoms with Crippen LogP contribution < -0.4 is 9.47 Å². The largest absolute Gasteiger partial charge is 0.493 e. The highest BCUT2D eigenvalue weighted by atomic mass is 79.9. The van der Waals surface area contributed by atoms with Crippen molar-refractivity contribution in [2.75, 3.05) is 13.2 Å². The Balaban J connectivity index is 2.65. The summed E-state index contributed by atoms with van der Waals surface area (Å²) in [5.74, 6) is 2.75. The molecule has 96 valence electrons. The van der Waals surface area contributed by atoms with Gasteiger partial charge in [0, 0.05) is 6.07 Å². The molecule has 0 heterocycles. The van der Waals surface area contributed by atoms with Crippen LogP contribution in [0.25, 0.3) is 0 Å². The summed E-state index contributed by atoms with van der Waals surface area (Å²) in [5.41, 5.74) is 0. The van der Waals surface area contributed by atoms with Gasteiger partial charge in [0.2, 0.25) is 0 Å². The molecule has 0 amide bonds. The topological polar surface area (TPSA) is 18.5 Å². The van der Waals surface area contributed by atoms with Crippen LogP contribution in [0, 0.1) is 11.8 Å². The van der Waals surface area contributed by atoms with Crippen molar-refractivity contribution in [3.05, 3.63) is 22.7 Å². The lowest BCUT2D eigenvalue weighted by atomic mass is 10.2. The molecular formula is C14H21BrO2. The molecule has 0 unspecified atom stereocenters. The Morgan fingerprint density at radius 2 is 1.59 bits per heavy atom. The van der Waals surface area contributed by atoms with Gasteiger partial charge in [-0.25, -0.2) is 0 Å². The lowest BCUT2D eigenvalue weighted by Gasteiger charge is -2.13. The molecule has 0 aliphatic heterocycles. The van der Waals surface area contributed by atoms with Gasteiger partial charge in [-0.1, -0.05) is 27.7 Å². The quantitative estimate of drug-likeness (QED) is 0.769. The highest BCUT2D eigenvalue weighted by molar-refractivity contribution is 9.10. The maximum Gasteiger partial charge on any atom is 0.137 e. The lowest BCUT2D eigenvalue weighted by molar-refractivity contribution is 0.257. The van der Waals surface area contributed by atoms with Crippen LogP contribution in [-0.2, 0) is 0 Å². The SMILES string of the molecule is CC(C)COc1ccc(Br)c(OCC(C)C)c1. The molecule has 1 rings (SSSR count). The normalized spacial score (nSPS) is 11.0. The summed E-state index contributed by atoms with van der Waals surface area (Å²) in [5, 5.41) is 0. The minimum absolute atomic E-state index is 0.516. The van der Waals surface area contributed by atoms with Crippen molar-refractivity contribution in [3.63, 3.8) is 0 Å². The van der Waals surface area contributed by atoms with E-state index in [2.05, 4.69) is 43.6 Å². The first-order valence-electron chi connectivity index (χ1n) is 6.04. The zero-order valence-corrected chi connectivity index (χ0v) is 12.6. The van der Waals surface area contributed by atoms with E-state index in [9.17, 15) is 0 Å². The molecular weight excluding hydrogens is 280 g/mol. The van der Waals surface area contributed by atoms with Crippen LogP contribution in [0.15, 0.2) is 22.7 Å². The summed E-state index contributed by atoms with van der Waals surface area (Å²) in [6, 6.07) is 5.86. The van der Waals surface area contributed by atoms with E-state index in [0.29, 0.717) is 18.4 Å². The second-order valence-electron chi connectivity index (χ2n) is 5.00. The molecule has 1 aromatic carbocycles. The van der Waals surface area contributed by atoms with Gasteiger partial charge in [0.15, 0.2) is 0 Å². The first-order valence-corrected chi connectivity index (χ1v) is 6.83. The Morgan fingerprint density at radius 1 is 1.00 bits per heavy atom. The predicted octanol–water partition coefficient (Wildman–Crippen LogP) is 4.52. The minimum Gasteiger partial charge on any atom is -0.493 e. The predicted molar refractivity (Wildman–Crippen MR) is 74.8 cm³/mol.